The van der Waals surface area contributed by atoms with Gasteiger partial charge in [0.05, 0.1) is 12.2 Å². The van der Waals surface area contributed by atoms with E-state index in [0.29, 0.717) is 13.0 Å². The molecule has 2 aliphatic heterocycles. The summed E-state index contributed by atoms with van der Waals surface area (Å²) in [6.45, 7) is 0.519. The molecule has 1 aromatic carbocycles. The minimum Gasteiger partial charge on any atom is -0.478 e. The Morgan fingerprint density at radius 1 is 1.28 bits per heavy atom. The Kier molecular flexibility index (Phi) is 6.88. The molecule has 0 aromatic heterocycles. The molecule has 2 fully saturated rings. The summed E-state index contributed by atoms with van der Waals surface area (Å²) >= 11 is 1.01. The molecule has 2 amide bonds. The molecule has 0 aliphatic carbocycles. The molecular weight excluding hydrogens is 400 g/mol. The number of thioether (sulfide) groups is 1. The van der Waals surface area contributed by atoms with Gasteiger partial charge in [-0.3, -0.25) is 19.3 Å². The van der Waals surface area contributed by atoms with Gasteiger partial charge in [0.25, 0.3) is 5.91 Å². The topological polar surface area (TPSA) is 133 Å². The number of amides is 2. The average Bonchev–Trinajstić information content (AvgIpc) is 3.24. The fourth-order valence-electron chi connectivity index (χ4n) is 3.27. The van der Waals surface area contributed by atoms with Crippen LogP contribution in [0.1, 0.15) is 18.4 Å². The lowest BCUT2D eigenvalue weighted by Crippen LogP contribution is -2.73. The third kappa shape index (κ3) is 4.95. The van der Waals surface area contributed by atoms with Crippen molar-refractivity contribution < 1.29 is 34.1 Å². The zero-order chi connectivity index (χ0) is 21.0. The minimum atomic E-state index is -2.04. The highest BCUT2D eigenvalue weighted by Crippen LogP contribution is 2.32. The molecule has 156 valence electrons. The van der Waals surface area contributed by atoms with E-state index in [1.54, 1.807) is 24.3 Å². The van der Waals surface area contributed by atoms with Gasteiger partial charge >= 0.3 is 5.97 Å². The summed E-state index contributed by atoms with van der Waals surface area (Å²) in [6.07, 6.45) is -1.06. The lowest BCUT2D eigenvalue weighted by atomic mass is 10.1. The highest BCUT2D eigenvalue weighted by atomic mass is 32.2. The summed E-state index contributed by atoms with van der Waals surface area (Å²) in [5.41, 5.74) is 0.761. The third-order valence-corrected chi connectivity index (χ3v) is 6.07. The molecule has 4 unspecified atom stereocenters. The molecule has 0 bridgehead atoms. The number of benzene rings is 1. The number of aliphatic carboxylic acids is 1. The number of hydrogen-bond acceptors (Lipinski definition) is 7. The Hall–Kier alpha value is -2.43. The van der Waals surface area contributed by atoms with Crippen molar-refractivity contribution in [2.45, 2.75) is 43.0 Å². The monoisotopic (exact) mass is 422 g/mol. The lowest BCUT2D eigenvalue weighted by molar-refractivity contribution is -0.178. The summed E-state index contributed by atoms with van der Waals surface area (Å²) in [6, 6.07) is 7.93. The van der Waals surface area contributed by atoms with E-state index in [2.05, 4.69) is 5.32 Å². The molecular formula is C19H22N2O7S. The number of carboxylic acid groups (broad SMARTS) is 1. The number of carboxylic acids is 1. The molecule has 10 heteroatoms. The molecule has 2 saturated heterocycles. The lowest BCUT2D eigenvalue weighted by Gasteiger charge is -2.47. The molecule has 4 atom stereocenters. The van der Waals surface area contributed by atoms with E-state index in [-0.39, 0.29) is 18.0 Å². The number of β-lactam (4-membered cyclic amide) rings is 1. The number of ether oxygens (including phenoxy) is 1. The van der Waals surface area contributed by atoms with Crippen molar-refractivity contribution in [2.75, 3.05) is 12.4 Å². The number of carbonyl (C=O) groups is 4. The molecule has 2 heterocycles. The van der Waals surface area contributed by atoms with Crippen LogP contribution in [-0.2, 0) is 30.3 Å². The van der Waals surface area contributed by atoms with E-state index >= 15 is 0 Å². The van der Waals surface area contributed by atoms with Gasteiger partial charge in [-0.15, -0.1) is 11.8 Å². The van der Waals surface area contributed by atoms with Gasteiger partial charge in [0.1, 0.15) is 17.5 Å². The average molecular weight is 422 g/mol. The van der Waals surface area contributed by atoms with Crippen molar-refractivity contribution in [1.29, 1.82) is 0 Å². The van der Waals surface area contributed by atoms with Crippen LogP contribution in [0.25, 0.3) is 0 Å². The maximum Gasteiger partial charge on any atom is 0.354 e. The van der Waals surface area contributed by atoms with Crippen LogP contribution < -0.4 is 5.32 Å². The molecule has 0 spiro atoms. The van der Waals surface area contributed by atoms with Crippen LogP contribution in [0.3, 0.4) is 0 Å². The molecule has 3 rings (SSSR count). The molecule has 3 N–H and O–H groups in total. The molecule has 1 aromatic rings. The Labute approximate surface area is 171 Å². The number of Topliss-reactive ketones (excluding diaryl/α,β-unsaturated/α-hetero) is 1. The maximum absolute atomic E-state index is 12.4. The summed E-state index contributed by atoms with van der Waals surface area (Å²) in [4.78, 5) is 48.8. The number of nitrogens with one attached hydrogen (secondary N) is 1. The first-order valence-electron chi connectivity index (χ1n) is 9.20. The molecule has 9 nitrogen and oxygen atoms in total. The van der Waals surface area contributed by atoms with Crippen LogP contribution in [0.4, 0.5) is 0 Å². The summed E-state index contributed by atoms with van der Waals surface area (Å²) in [5, 5.41) is 20.6. The number of rotatable bonds is 9. The Bertz CT molecular complexity index is 782. The third-order valence-electron chi connectivity index (χ3n) is 4.77. The predicted octanol–water partition coefficient (Wildman–Crippen LogP) is -0.233. The van der Waals surface area contributed by atoms with Crippen molar-refractivity contribution in [3.63, 3.8) is 0 Å². The van der Waals surface area contributed by atoms with E-state index < -0.39 is 41.5 Å². The van der Waals surface area contributed by atoms with Crippen molar-refractivity contribution in [1.82, 2.24) is 10.2 Å². The van der Waals surface area contributed by atoms with E-state index in [0.717, 1.165) is 28.6 Å². The van der Waals surface area contributed by atoms with Gasteiger partial charge in [0.15, 0.2) is 5.78 Å². The Balaban J connectivity index is 1.63. The Morgan fingerprint density at radius 3 is 2.62 bits per heavy atom. The quantitative estimate of drug-likeness (QED) is 0.465. The van der Waals surface area contributed by atoms with Crippen molar-refractivity contribution in [3.8, 4) is 0 Å². The van der Waals surface area contributed by atoms with Gasteiger partial charge < -0.3 is 20.3 Å². The highest BCUT2D eigenvalue weighted by molar-refractivity contribution is 8.00. The first-order valence-corrected chi connectivity index (χ1v) is 10.3. The smallest absolute Gasteiger partial charge is 0.354 e. The SMILES string of the molecule is O=C(Cc1ccccc1)NC1C(=O)N(C(O)C(=O)O)C1SCC(=O)C1CCCO1. The van der Waals surface area contributed by atoms with E-state index in [1.165, 1.54) is 0 Å². The van der Waals surface area contributed by atoms with Gasteiger partial charge in [-0.2, -0.15) is 0 Å². The van der Waals surface area contributed by atoms with Gasteiger partial charge in [-0.25, -0.2) is 4.79 Å². The van der Waals surface area contributed by atoms with Crippen LogP contribution in [0.5, 0.6) is 0 Å². The normalized spacial score (nSPS) is 24.7. The Morgan fingerprint density at radius 2 is 2.00 bits per heavy atom. The number of aliphatic hydroxyl groups excluding tert-OH is 1. The standard InChI is InChI=1S/C19H22N2O7S/c22-12(13-7-4-8-28-13)10-29-18-15(16(24)21(18)17(25)19(26)27)20-14(23)9-11-5-2-1-3-6-11/h1-3,5-6,13,15,17-18,25H,4,7-10H2,(H,20,23)(H,26,27). The number of carbonyl (C=O) groups excluding carboxylic acids is 3. The molecule has 0 radical (unpaired) electrons. The summed E-state index contributed by atoms with van der Waals surface area (Å²) in [7, 11) is 0. The second-order valence-electron chi connectivity index (χ2n) is 6.83. The second-order valence-corrected chi connectivity index (χ2v) is 7.94. The van der Waals surface area contributed by atoms with Gasteiger partial charge in [-0.1, -0.05) is 30.3 Å². The highest BCUT2D eigenvalue weighted by Gasteiger charge is 2.53. The molecule has 29 heavy (non-hydrogen) atoms. The largest absolute Gasteiger partial charge is 0.478 e. The first kappa shape index (κ1) is 21.3. The zero-order valence-electron chi connectivity index (χ0n) is 15.5. The van der Waals surface area contributed by atoms with Gasteiger partial charge in [0, 0.05) is 6.61 Å². The van der Waals surface area contributed by atoms with Crippen molar-refractivity contribution in [2.24, 2.45) is 0 Å². The number of likely N-dealkylation sites (tertiary alicyclic amines) is 1. The van der Waals surface area contributed by atoms with Crippen LogP contribution in [0, 0.1) is 0 Å². The maximum atomic E-state index is 12.4. The first-order chi connectivity index (χ1) is 13.9. The van der Waals surface area contributed by atoms with Gasteiger partial charge in [0.2, 0.25) is 12.1 Å². The number of hydrogen-bond donors (Lipinski definition) is 3. The van der Waals surface area contributed by atoms with Crippen LogP contribution in [0.2, 0.25) is 0 Å². The predicted molar refractivity (Wildman–Crippen MR) is 103 cm³/mol. The van der Waals surface area contributed by atoms with Crippen LogP contribution in [0.15, 0.2) is 30.3 Å². The number of nitrogens with zero attached hydrogens (tertiary/aromatic N) is 1. The van der Waals surface area contributed by atoms with E-state index in [9.17, 15) is 24.3 Å². The molecule has 2 aliphatic rings. The zero-order valence-corrected chi connectivity index (χ0v) is 16.3. The number of aliphatic hydroxyl groups is 1. The van der Waals surface area contributed by atoms with E-state index in [1.807, 2.05) is 6.07 Å². The fourth-order valence-corrected chi connectivity index (χ4v) is 4.55. The molecule has 0 saturated carbocycles. The van der Waals surface area contributed by atoms with Gasteiger partial charge in [-0.05, 0) is 18.4 Å². The minimum absolute atomic E-state index is 0.0174. The van der Waals surface area contributed by atoms with Crippen LogP contribution >= 0.6 is 11.8 Å². The second kappa shape index (κ2) is 9.38. The fraction of sp³-hybridized carbons (Fsp3) is 0.474. The summed E-state index contributed by atoms with van der Waals surface area (Å²) < 4.78 is 5.33. The summed E-state index contributed by atoms with van der Waals surface area (Å²) in [5.74, 6) is -2.87. The van der Waals surface area contributed by atoms with Crippen molar-refractivity contribution in [3.05, 3.63) is 35.9 Å². The van der Waals surface area contributed by atoms with Crippen LogP contribution in [-0.4, -0.2) is 74.8 Å². The van der Waals surface area contributed by atoms with E-state index in [4.69, 9.17) is 9.84 Å². The number of ketones is 1. The van der Waals surface area contributed by atoms with Crippen molar-refractivity contribution >= 4 is 35.3 Å².